The lowest BCUT2D eigenvalue weighted by molar-refractivity contribution is -0.122. The van der Waals surface area contributed by atoms with E-state index in [-0.39, 0.29) is 17.0 Å². The van der Waals surface area contributed by atoms with E-state index in [9.17, 15) is 14.9 Å². The van der Waals surface area contributed by atoms with Crippen LogP contribution < -0.4 is 10.9 Å². The van der Waals surface area contributed by atoms with Crippen molar-refractivity contribution in [1.82, 2.24) is 9.47 Å². The highest BCUT2D eigenvalue weighted by Gasteiger charge is 2.32. The van der Waals surface area contributed by atoms with Gasteiger partial charge in [0, 0.05) is 25.2 Å². The van der Waals surface area contributed by atoms with E-state index in [2.05, 4.69) is 25.2 Å². The number of nitrogens with one attached hydrogen (secondary N) is 1. The number of unbranched alkanes of at least 4 members (excludes halogenated alkanes) is 4. The quantitative estimate of drug-likeness (QED) is 0.202. The summed E-state index contributed by atoms with van der Waals surface area (Å²) >= 11 is 6.81. The van der Waals surface area contributed by atoms with E-state index in [1.807, 2.05) is 30.3 Å². The molecule has 2 aromatic rings. The van der Waals surface area contributed by atoms with Gasteiger partial charge in [0.05, 0.1) is 4.91 Å². The number of carbonyl (C=O) groups excluding carboxylic acids is 1. The summed E-state index contributed by atoms with van der Waals surface area (Å²) in [6.07, 6.45) is 7.75. The van der Waals surface area contributed by atoms with Crippen LogP contribution in [0.4, 0.5) is 5.82 Å². The van der Waals surface area contributed by atoms with Crippen molar-refractivity contribution < 1.29 is 4.79 Å². The first-order chi connectivity index (χ1) is 17.4. The van der Waals surface area contributed by atoms with Gasteiger partial charge in [-0.1, -0.05) is 93.8 Å². The van der Waals surface area contributed by atoms with Gasteiger partial charge >= 0.3 is 0 Å². The van der Waals surface area contributed by atoms with Crippen LogP contribution in [0, 0.1) is 18.3 Å². The molecule has 0 aliphatic carbocycles. The van der Waals surface area contributed by atoms with E-state index < -0.39 is 0 Å². The number of hydrogen-bond donors (Lipinski definition) is 1. The summed E-state index contributed by atoms with van der Waals surface area (Å²) in [5.74, 6) is 0.516. The lowest BCUT2D eigenvalue weighted by Gasteiger charge is -2.20. The Labute approximate surface area is 223 Å². The maximum atomic E-state index is 13.3. The van der Waals surface area contributed by atoms with Crippen LogP contribution in [0.1, 0.15) is 74.6 Å². The molecular weight excluding hydrogens is 488 g/mol. The molecule has 1 saturated heterocycles. The first-order valence-electron chi connectivity index (χ1n) is 12.6. The van der Waals surface area contributed by atoms with E-state index in [0.717, 1.165) is 44.1 Å². The highest BCUT2D eigenvalue weighted by Crippen LogP contribution is 2.35. The fraction of sp³-hybridized carbons (Fsp3) is 0.429. The van der Waals surface area contributed by atoms with Crippen LogP contribution in [0.2, 0.25) is 0 Å². The van der Waals surface area contributed by atoms with Crippen molar-refractivity contribution in [3.8, 4) is 6.07 Å². The molecule has 8 heteroatoms. The van der Waals surface area contributed by atoms with Gasteiger partial charge in [-0.3, -0.25) is 19.1 Å². The van der Waals surface area contributed by atoms with Crippen LogP contribution in [0.15, 0.2) is 40.0 Å². The SMILES string of the molecule is CCCCCCN1C(=O)/C(=C\c2c(C)c(C#N)c(=O)n(CCCC)c2NCc2ccccc2)SC1=S. The van der Waals surface area contributed by atoms with Crippen LogP contribution in [-0.4, -0.2) is 26.2 Å². The summed E-state index contributed by atoms with van der Waals surface area (Å²) in [5, 5.41) is 13.2. The van der Waals surface area contributed by atoms with Crippen molar-refractivity contribution in [2.75, 3.05) is 11.9 Å². The number of hydrogen-bond acceptors (Lipinski definition) is 6. The Morgan fingerprint density at radius 3 is 2.44 bits per heavy atom. The number of pyridine rings is 1. The Bertz CT molecular complexity index is 1230. The first kappa shape index (κ1) is 27.7. The second kappa shape index (κ2) is 13.4. The number of carbonyl (C=O) groups is 1. The molecule has 1 aromatic heterocycles. The number of aromatic nitrogens is 1. The minimum Gasteiger partial charge on any atom is -0.367 e. The predicted molar refractivity (Wildman–Crippen MR) is 153 cm³/mol. The van der Waals surface area contributed by atoms with Crippen LogP contribution in [0.5, 0.6) is 0 Å². The minimum atomic E-state index is -0.306. The molecule has 0 bridgehead atoms. The number of thiocarbonyl (C=S) groups is 1. The minimum absolute atomic E-state index is 0.109. The van der Waals surface area contributed by atoms with Gasteiger partial charge in [0.25, 0.3) is 11.5 Å². The first-order valence-corrected chi connectivity index (χ1v) is 13.9. The normalized spacial score (nSPS) is 14.5. The largest absolute Gasteiger partial charge is 0.367 e. The number of nitriles is 1. The lowest BCUT2D eigenvalue weighted by atomic mass is 10.0. The van der Waals surface area contributed by atoms with Gasteiger partial charge in [-0.25, -0.2) is 0 Å². The van der Waals surface area contributed by atoms with Crippen molar-refractivity contribution in [2.45, 2.75) is 72.4 Å². The summed E-state index contributed by atoms with van der Waals surface area (Å²) in [5.41, 5.74) is 2.12. The number of amides is 1. The summed E-state index contributed by atoms with van der Waals surface area (Å²) in [4.78, 5) is 28.7. The number of nitrogens with zero attached hydrogens (tertiary/aromatic N) is 3. The second-order valence-electron chi connectivity index (χ2n) is 8.92. The molecule has 0 spiro atoms. The van der Waals surface area contributed by atoms with Gasteiger partial charge in [0.1, 0.15) is 21.8 Å². The molecule has 0 radical (unpaired) electrons. The molecule has 3 rings (SSSR count). The Morgan fingerprint density at radius 1 is 1.06 bits per heavy atom. The molecule has 1 aliphatic rings. The molecule has 190 valence electrons. The lowest BCUT2D eigenvalue weighted by Crippen LogP contribution is -2.29. The fourth-order valence-electron chi connectivity index (χ4n) is 4.19. The third kappa shape index (κ3) is 6.45. The van der Waals surface area contributed by atoms with Gasteiger partial charge in [-0.05, 0) is 37.0 Å². The number of benzene rings is 1. The maximum Gasteiger partial charge on any atom is 0.270 e. The Balaban J connectivity index is 2.05. The molecule has 1 N–H and O–H groups in total. The molecule has 0 atom stereocenters. The zero-order chi connectivity index (χ0) is 26.1. The molecule has 1 fully saturated rings. The number of rotatable bonds is 12. The average Bonchev–Trinajstić information content (AvgIpc) is 3.14. The second-order valence-corrected chi connectivity index (χ2v) is 10.6. The average molecular weight is 523 g/mol. The van der Waals surface area contributed by atoms with Crippen LogP contribution in [0.3, 0.4) is 0 Å². The molecular formula is C28H34N4O2S2. The summed E-state index contributed by atoms with van der Waals surface area (Å²) in [7, 11) is 0. The number of anilines is 1. The van der Waals surface area contributed by atoms with E-state index >= 15 is 0 Å². The van der Waals surface area contributed by atoms with Gasteiger partial charge in [-0.2, -0.15) is 5.26 Å². The third-order valence-electron chi connectivity index (χ3n) is 6.30. The molecule has 6 nitrogen and oxygen atoms in total. The molecule has 1 aromatic carbocycles. The van der Waals surface area contributed by atoms with Crippen molar-refractivity contribution in [2.24, 2.45) is 0 Å². The zero-order valence-corrected chi connectivity index (χ0v) is 22.9. The number of thioether (sulfide) groups is 1. The van der Waals surface area contributed by atoms with Gasteiger partial charge in [0.2, 0.25) is 0 Å². The van der Waals surface area contributed by atoms with Gasteiger partial charge in [-0.15, -0.1) is 0 Å². The Morgan fingerprint density at radius 2 is 1.78 bits per heavy atom. The van der Waals surface area contributed by atoms with Crippen molar-refractivity contribution in [3.63, 3.8) is 0 Å². The van der Waals surface area contributed by atoms with E-state index in [4.69, 9.17) is 12.2 Å². The highest BCUT2D eigenvalue weighted by molar-refractivity contribution is 8.26. The maximum absolute atomic E-state index is 13.3. The molecule has 1 aliphatic heterocycles. The van der Waals surface area contributed by atoms with Crippen molar-refractivity contribution in [1.29, 1.82) is 5.26 Å². The van der Waals surface area contributed by atoms with Crippen LogP contribution >= 0.6 is 24.0 Å². The van der Waals surface area contributed by atoms with Crippen molar-refractivity contribution in [3.05, 3.63) is 67.8 Å². The molecule has 36 heavy (non-hydrogen) atoms. The van der Waals surface area contributed by atoms with E-state index in [1.165, 1.54) is 11.8 Å². The molecule has 2 heterocycles. The third-order valence-corrected chi connectivity index (χ3v) is 7.67. The fourth-order valence-corrected chi connectivity index (χ4v) is 5.48. The standard InChI is InChI=1S/C28H34N4O2S2/c1-4-6-8-12-16-32-27(34)24(36-28(32)35)17-22-20(3)23(18-29)26(33)31(15-7-5-2)25(22)30-19-21-13-10-9-11-14-21/h9-11,13-14,17,30H,4-8,12,15-16,19H2,1-3H3/b24-17+. The van der Waals surface area contributed by atoms with E-state index in [0.29, 0.717) is 45.8 Å². The highest BCUT2D eigenvalue weighted by atomic mass is 32.2. The van der Waals surface area contributed by atoms with Gasteiger partial charge in [0.15, 0.2) is 0 Å². The topological polar surface area (TPSA) is 78.1 Å². The monoisotopic (exact) mass is 522 g/mol. The van der Waals surface area contributed by atoms with E-state index in [1.54, 1.807) is 22.5 Å². The zero-order valence-electron chi connectivity index (χ0n) is 21.3. The smallest absolute Gasteiger partial charge is 0.270 e. The summed E-state index contributed by atoms with van der Waals surface area (Å²) < 4.78 is 2.20. The molecule has 0 saturated carbocycles. The summed E-state index contributed by atoms with van der Waals surface area (Å²) in [6, 6.07) is 12.0. The molecule has 1 amide bonds. The summed E-state index contributed by atoms with van der Waals surface area (Å²) in [6.45, 7) is 7.60. The predicted octanol–water partition coefficient (Wildman–Crippen LogP) is 6.22. The molecule has 0 unspecified atom stereocenters. The van der Waals surface area contributed by atoms with Gasteiger partial charge < -0.3 is 5.32 Å². The Kier molecular flexibility index (Phi) is 10.3. The van der Waals surface area contributed by atoms with Crippen LogP contribution in [0.25, 0.3) is 6.08 Å². The Hall–Kier alpha value is -2.89. The van der Waals surface area contributed by atoms with Crippen molar-refractivity contribution >= 4 is 46.1 Å². The van der Waals surface area contributed by atoms with Crippen LogP contribution in [-0.2, 0) is 17.9 Å².